The molecule has 0 saturated carbocycles. The molecular weight excluding hydrogens is 429 g/mol. The van der Waals surface area contributed by atoms with Crippen LogP contribution in [-0.4, -0.2) is 28.3 Å². The number of nitrogens with zero attached hydrogens (tertiary/aromatic N) is 1. The van der Waals surface area contributed by atoms with Crippen LogP contribution in [0.25, 0.3) is 5.69 Å². The van der Waals surface area contributed by atoms with Crippen molar-refractivity contribution in [1.29, 1.82) is 0 Å². The molecule has 2 aliphatic rings. The van der Waals surface area contributed by atoms with Gasteiger partial charge in [0.1, 0.15) is 5.56 Å². The molecule has 2 N–H and O–H groups in total. The van der Waals surface area contributed by atoms with Crippen LogP contribution in [0.2, 0.25) is 0 Å². The molecule has 2 aromatic carbocycles. The van der Waals surface area contributed by atoms with E-state index in [1.807, 2.05) is 0 Å². The van der Waals surface area contributed by atoms with Gasteiger partial charge in [0.15, 0.2) is 11.5 Å². The number of carboxylic acids is 1. The fourth-order valence-corrected chi connectivity index (χ4v) is 4.08. The first kappa shape index (κ1) is 20.0. The fourth-order valence-electron chi connectivity index (χ4n) is 4.08. The predicted octanol–water partition coefficient (Wildman–Crippen LogP) is 4.40. The molecule has 164 valence electrons. The third-order valence-corrected chi connectivity index (χ3v) is 5.51. The second-order valence-electron chi connectivity index (χ2n) is 7.44. The predicted molar refractivity (Wildman–Crippen MR) is 105 cm³/mol. The Kier molecular flexibility index (Phi) is 4.40. The summed E-state index contributed by atoms with van der Waals surface area (Å²) < 4.78 is 52.0. The van der Waals surface area contributed by atoms with Gasteiger partial charge in [-0.1, -0.05) is 12.1 Å². The third kappa shape index (κ3) is 3.24. The van der Waals surface area contributed by atoms with Gasteiger partial charge in [-0.25, -0.2) is 4.79 Å². The fraction of sp³-hybridized carbons (Fsp3) is 0.182. The molecular formula is C22H15F3N2O5. The van der Waals surface area contributed by atoms with Crippen LogP contribution in [0.15, 0.2) is 48.7 Å². The molecule has 1 unspecified atom stereocenters. The van der Waals surface area contributed by atoms with Crippen molar-refractivity contribution in [2.75, 3.05) is 12.1 Å². The average Bonchev–Trinajstić information content (AvgIpc) is 3.36. The van der Waals surface area contributed by atoms with Crippen molar-refractivity contribution in [3.8, 4) is 17.2 Å². The highest BCUT2D eigenvalue weighted by atomic mass is 19.4. The summed E-state index contributed by atoms with van der Waals surface area (Å²) in [6.45, 7) is 0.0545. The van der Waals surface area contributed by atoms with Crippen molar-refractivity contribution in [3.63, 3.8) is 0 Å². The van der Waals surface area contributed by atoms with E-state index in [2.05, 4.69) is 5.32 Å². The molecule has 0 saturated heterocycles. The summed E-state index contributed by atoms with van der Waals surface area (Å²) in [6, 6.07) is 9.69. The number of anilines is 1. The lowest BCUT2D eigenvalue weighted by atomic mass is 9.88. The summed E-state index contributed by atoms with van der Waals surface area (Å²) in [6.07, 6.45) is -3.35. The van der Waals surface area contributed by atoms with Crippen molar-refractivity contribution < 1.29 is 37.3 Å². The molecule has 0 bridgehead atoms. The molecule has 1 aromatic heterocycles. The van der Waals surface area contributed by atoms with Gasteiger partial charge >= 0.3 is 12.1 Å². The standard InChI is InChI=1S/C22H15F3N2O5/c23-22(24,25)12-2-1-3-13(7-12)27-9-15(21(29)30)19-20(27)14(8-18(28)26-19)11-4-5-16-17(6-11)32-10-31-16/h1-7,9,14H,8,10H2,(H,26,28)(H,29,30). The smallest absolute Gasteiger partial charge is 0.416 e. The number of amides is 1. The zero-order valence-electron chi connectivity index (χ0n) is 16.3. The molecule has 5 rings (SSSR count). The zero-order chi connectivity index (χ0) is 22.6. The molecule has 2 aliphatic heterocycles. The second kappa shape index (κ2) is 7.04. The number of aromatic carboxylic acids is 1. The van der Waals surface area contributed by atoms with Crippen LogP contribution in [0, 0.1) is 0 Å². The summed E-state index contributed by atoms with van der Waals surface area (Å²) in [5, 5.41) is 12.3. The minimum atomic E-state index is -4.57. The van der Waals surface area contributed by atoms with Crippen molar-refractivity contribution in [1.82, 2.24) is 4.57 Å². The first-order valence-electron chi connectivity index (χ1n) is 9.58. The van der Waals surface area contributed by atoms with Crippen molar-refractivity contribution >= 4 is 17.6 Å². The molecule has 3 heterocycles. The number of hydrogen-bond donors (Lipinski definition) is 2. The zero-order valence-corrected chi connectivity index (χ0v) is 16.3. The lowest BCUT2D eigenvalue weighted by Crippen LogP contribution is -2.25. The van der Waals surface area contributed by atoms with Crippen LogP contribution in [0.3, 0.4) is 0 Å². The minimum absolute atomic E-state index is 0.0192. The molecule has 3 aromatic rings. The number of halogens is 3. The summed E-state index contributed by atoms with van der Waals surface area (Å²) in [5.74, 6) is -1.31. The summed E-state index contributed by atoms with van der Waals surface area (Å²) in [4.78, 5) is 24.3. The molecule has 0 fully saturated rings. The van der Waals surface area contributed by atoms with Crippen LogP contribution >= 0.6 is 0 Å². The summed E-state index contributed by atoms with van der Waals surface area (Å²) in [5.41, 5.74) is 0.137. The Balaban J connectivity index is 1.72. The lowest BCUT2D eigenvalue weighted by molar-refractivity contribution is -0.137. The molecule has 7 nitrogen and oxygen atoms in total. The maximum Gasteiger partial charge on any atom is 0.416 e. The Morgan fingerprint density at radius 1 is 1.12 bits per heavy atom. The molecule has 32 heavy (non-hydrogen) atoms. The number of aromatic nitrogens is 1. The van der Waals surface area contributed by atoms with Crippen LogP contribution in [0.5, 0.6) is 11.5 Å². The number of ether oxygens (including phenoxy) is 2. The Bertz CT molecular complexity index is 1260. The average molecular weight is 444 g/mol. The summed E-state index contributed by atoms with van der Waals surface area (Å²) in [7, 11) is 0. The number of benzene rings is 2. The maximum atomic E-state index is 13.3. The molecule has 0 aliphatic carbocycles. The monoisotopic (exact) mass is 444 g/mol. The van der Waals surface area contributed by atoms with Crippen LogP contribution in [0.4, 0.5) is 18.9 Å². The van der Waals surface area contributed by atoms with Crippen LogP contribution in [-0.2, 0) is 11.0 Å². The Labute approximate surface area is 179 Å². The minimum Gasteiger partial charge on any atom is -0.478 e. The number of alkyl halides is 3. The number of rotatable bonds is 3. The number of carbonyl (C=O) groups excluding carboxylic acids is 1. The van der Waals surface area contributed by atoms with Gasteiger partial charge in [-0.2, -0.15) is 13.2 Å². The quantitative estimate of drug-likeness (QED) is 0.625. The van der Waals surface area contributed by atoms with Gasteiger partial charge in [-0.3, -0.25) is 4.79 Å². The number of nitrogens with one attached hydrogen (secondary N) is 1. The van der Waals surface area contributed by atoms with E-state index in [1.54, 1.807) is 18.2 Å². The van der Waals surface area contributed by atoms with E-state index >= 15 is 0 Å². The van der Waals surface area contributed by atoms with Gasteiger partial charge in [-0.15, -0.1) is 0 Å². The maximum absolute atomic E-state index is 13.3. The summed E-state index contributed by atoms with van der Waals surface area (Å²) >= 11 is 0. The number of fused-ring (bicyclic) bond motifs is 2. The first-order chi connectivity index (χ1) is 15.2. The topological polar surface area (TPSA) is 89.8 Å². The van der Waals surface area contributed by atoms with E-state index in [0.717, 1.165) is 12.1 Å². The Morgan fingerprint density at radius 2 is 1.91 bits per heavy atom. The van der Waals surface area contributed by atoms with Crippen molar-refractivity contribution in [2.24, 2.45) is 0 Å². The van der Waals surface area contributed by atoms with Crippen molar-refractivity contribution in [3.05, 3.63) is 71.0 Å². The highest BCUT2D eigenvalue weighted by Crippen LogP contribution is 2.44. The largest absolute Gasteiger partial charge is 0.478 e. The van der Waals surface area contributed by atoms with Gasteiger partial charge in [0.2, 0.25) is 12.7 Å². The molecule has 1 atom stereocenters. The Hall–Kier alpha value is -3.95. The lowest BCUT2D eigenvalue weighted by Gasteiger charge is -2.26. The van der Waals surface area contributed by atoms with Gasteiger partial charge in [0.05, 0.1) is 16.9 Å². The van der Waals surface area contributed by atoms with Gasteiger partial charge in [-0.05, 0) is 35.9 Å². The SMILES string of the molecule is O=C1CC(c2ccc3c(c2)OCO3)c2c(c(C(=O)O)cn2-c2cccc(C(F)(F)F)c2)N1. The first-order valence-corrected chi connectivity index (χ1v) is 9.58. The van der Waals surface area contributed by atoms with Crippen molar-refractivity contribution in [2.45, 2.75) is 18.5 Å². The van der Waals surface area contributed by atoms with E-state index in [0.29, 0.717) is 22.8 Å². The van der Waals surface area contributed by atoms with Gasteiger partial charge in [0, 0.05) is 24.2 Å². The highest BCUT2D eigenvalue weighted by Gasteiger charge is 2.36. The molecule has 10 heteroatoms. The van der Waals surface area contributed by atoms with E-state index < -0.39 is 29.5 Å². The number of hydrogen-bond acceptors (Lipinski definition) is 4. The highest BCUT2D eigenvalue weighted by molar-refractivity contribution is 6.04. The van der Waals surface area contributed by atoms with E-state index in [9.17, 15) is 27.9 Å². The second-order valence-corrected chi connectivity index (χ2v) is 7.44. The van der Waals surface area contributed by atoms with Gasteiger partial charge in [0.25, 0.3) is 0 Å². The van der Waals surface area contributed by atoms with E-state index in [4.69, 9.17) is 9.47 Å². The molecule has 0 radical (unpaired) electrons. The molecule has 0 spiro atoms. The van der Waals surface area contributed by atoms with E-state index in [-0.39, 0.29) is 30.2 Å². The van der Waals surface area contributed by atoms with E-state index in [1.165, 1.54) is 22.9 Å². The van der Waals surface area contributed by atoms with Gasteiger partial charge < -0.3 is 24.5 Å². The van der Waals surface area contributed by atoms with Crippen LogP contribution < -0.4 is 14.8 Å². The number of carboxylic acid groups (broad SMARTS) is 1. The third-order valence-electron chi connectivity index (χ3n) is 5.51. The molecule has 1 amide bonds. The Morgan fingerprint density at radius 3 is 2.66 bits per heavy atom. The van der Waals surface area contributed by atoms with Crippen LogP contribution in [0.1, 0.15) is 39.5 Å². The normalized spacial score (nSPS) is 17.1. The number of carbonyl (C=O) groups is 2.